The van der Waals surface area contributed by atoms with Crippen LogP contribution in [0.5, 0.6) is 5.75 Å². The molecular formula is C20H22N4O3. The van der Waals surface area contributed by atoms with Crippen molar-refractivity contribution in [1.82, 2.24) is 15.3 Å². The lowest BCUT2D eigenvalue weighted by molar-refractivity contribution is -0.115. The number of aromatic nitrogens is 2. The number of anilines is 1. The number of para-hydroxylation sites is 2. The molecular weight excluding hydrogens is 344 g/mol. The van der Waals surface area contributed by atoms with Crippen molar-refractivity contribution in [3.05, 3.63) is 54.1 Å². The van der Waals surface area contributed by atoms with Crippen molar-refractivity contribution in [2.75, 3.05) is 18.5 Å². The van der Waals surface area contributed by atoms with Crippen LogP contribution in [-0.2, 0) is 4.79 Å². The maximum Gasteiger partial charge on any atom is 0.251 e. The van der Waals surface area contributed by atoms with Crippen LogP contribution in [0.3, 0.4) is 0 Å². The second-order valence-electron chi connectivity index (χ2n) is 6.06. The number of hydrogen-bond acceptors (Lipinski definition) is 4. The van der Waals surface area contributed by atoms with Gasteiger partial charge < -0.3 is 15.0 Å². The molecule has 140 valence electrons. The van der Waals surface area contributed by atoms with Gasteiger partial charge in [-0.3, -0.25) is 14.9 Å². The normalized spacial score (nSPS) is 10.6. The molecule has 0 saturated carbocycles. The van der Waals surface area contributed by atoms with Gasteiger partial charge in [0.05, 0.1) is 24.2 Å². The molecule has 0 fully saturated rings. The molecule has 0 aliphatic carbocycles. The molecule has 0 bridgehead atoms. The summed E-state index contributed by atoms with van der Waals surface area (Å²) < 4.78 is 5.56. The molecule has 3 aromatic rings. The third-order valence-corrected chi connectivity index (χ3v) is 3.94. The van der Waals surface area contributed by atoms with Crippen LogP contribution < -0.4 is 15.4 Å². The highest BCUT2D eigenvalue weighted by Gasteiger charge is 2.10. The molecule has 3 rings (SSSR count). The van der Waals surface area contributed by atoms with Crippen LogP contribution in [0, 0.1) is 0 Å². The Balaban J connectivity index is 1.48. The molecule has 7 nitrogen and oxygen atoms in total. The number of unbranched alkanes of at least 4 members (excludes halogenated alkanes) is 1. The van der Waals surface area contributed by atoms with Crippen molar-refractivity contribution in [2.45, 2.75) is 19.8 Å². The second-order valence-corrected chi connectivity index (χ2v) is 6.06. The molecule has 0 unspecified atom stereocenters. The van der Waals surface area contributed by atoms with Crippen molar-refractivity contribution in [3.63, 3.8) is 0 Å². The number of carbonyl (C=O) groups excluding carboxylic acids is 2. The molecule has 0 atom stereocenters. The van der Waals surface area contributed by atoms with Gasteiger partial charge in [0.1, 0.15) is 5.75 Å². The van der Waals surface area contributed by atoms with Gasteiger partial charge in [0.25, 0.3) is 5.91 Å². The van der Waals surface area contributed by atoms with E-state index in [-0.39, 0.29) is 18.4 Å². The summed E-state index contributed by atoms with van der Waals surface area (Å²) in [5.74, 6) is 0.392. The fourth-order valence-electron chi connectivity index (χ4n) is 2.49. The Morgan fingerprint density at radius 1 is 1.11 bits per heavy atom. The highest BCUT2D eigenvalue weighted by Crippen LogP contribution is 2.14. The molecule has 7 heteroatoms. The van der Waals surface area contributed by atoms with Gasteiger partial charge in [-0.2, -0.15) is 0 Å². The molecule has 0 radical (unpaired) electrons. The molecule has 0 aliphatic heterocycles. The Hall–Kier alpha value is -3.35. The number of ether oxygens (including phenoxy) is 1. The minimum Gasteiger partial charge on any atom is -0.494 e. The van der Waals surface area contributed by atoms with Crippen molar-refractivity contribution < 1.29 is 14.3 Å². The summed E-state index contributed by atoms with van der Waals surface area (Å²) >= 11 is 0. The second kappa shape index (κ2) is 8.84. The van der Waals surface area contributed by atoms with Crippen LogP contribution in [0.4, 0.5) is 5.95 Å². The van der Waals surface area contributed by atoms with E-state index < -0.39 is 0 Å². The number of fused-ring (bicyclic) bond motifs is 1. The molecule has 3 N–H and O–H groups in total. The summed E-state index contributed by atoms with van der Waals surface area (Å²) in [5.41, 5.74) is 2.06. The number of imidazole rings is 1. The van der Waals surface area contributed by atoms with Gasteiger partial charge >= 0.3 is 0 Å². The number of nitrogens with one attached hydrogen (secondary N) is 3. The molecule has 0 spiro atoms. The molecule has 1 aromatic heterocycles. The number of aromatic amines is 1. The zero-order valence-corrected chi connectivity index (χ0v) is 15.1. The van der Waals surface area contributed by atoms with Crippen molar-refractivity contribution in [2.24, 2.45) is 0 Å². The predicted molar refractivity (Wildman–Crippen MR) is 104 cm³/mol. The highest BCUT2D eigenvalue weighted by molar-refractivity contribution is 5.99. The largest absolute Gasteiger partial charge is 0.494 e. The predicted octanol–water partition coefficient (Wildman–Crippen LogP) is 3.11. The minimum atomic E-state index is -0.359. The van der Waals surface area contributed by atoms with E-state index in [2.05, 4.69) is 27.5 Å². The lowest BCUT2D eigenvalue weighted by Crippen LogP contribution is -2.33. The van der Waals surface area contributed by atoms with Crippen molar-refractivity contribution >= 4 is 28.8 Å². The quantitative estimate of drug-likeness (QED) is 0.534. The number of rotatable bonds is 8. The first kappa shape index (κ1) is 18.4. The SMILES string of the molecule is CCCCOc1ccc(C(=O)NCC(=O)Nc2nc3ccccc3[nH]2)cc1. The molecule has 2 amide bonds. The van der Waals surface area contributed by atoms with E-state index in [0.717, 1.165) is 29.6 Å². The Labute approximate surface area is 157 Å². The van der Waals surface area contributed by atoms with Gasteiger partial charge in [-0.25, -0.2) is 4.98 Å². The number of carbonyl (C=O) groups is 2. The van der Waals surface area contributed by atoms with E-state index in [4.69, 9.17) is 4.74 Å². The molecule has 27 heavy (non-hydrogen) atoms. The van der Waals surface area contributed by atoms with Crippen LogP contribution >= 0.6 is 0 Å². The molecule has 2 aromatic carbocycles. The summed E-state index contributed by atoms with van der Waals surface area (Å²) in [6.45, 7) is 2.61. The number of H-pyrrole nitrogens is 1. The van der Waals surface area contributed by atoms with E-state index in [1.807, 2.05) is 24.3 Å². The smallest absolute Gasteiger partial charge is 0.251 e. The molecule has 0 aliphatic rings. The zero-order chi connectivity index (χ0) is 19.1. The summed E-state index contributed by atoms with van der Waals surface area (Å²) in [5, 5.41) is 5.23. The average Bonchev–Trinajstić information content (AvgIpc) is 3.09. The standard InChI is InChI=1S/C20H22N4O3/c1-2-3-12-27-15-10-8-14(9-11-15)19(26)21-13-18(25)24-20-22-16-6-4-5-7-17(16)23-20/h4-11H,2-3,12-13H2,1H3,(H,21,26)(H2,22,23,24,25). The van der Waals surface area contributed by atoms with Gasteiger partial charge in [-0.15, -0.1) is 0 Å². The van der Waals surface area contributed by atoms with Crippen LogP contribution in [0.2, 0.25) is 0 Å². The van der Waals surface area contributed by atoms with Crippen LogP contribution in [0.25, 0.3) is 11.0 Å². The first-order valence-electron chi connectivity index (χ1n) is 8.91. The number of nitrogens with zero attached hydrogens (tertiary/aromatic N) is 1. The number of hydrogen-bond donors (Lipinski definition) is 3. The summed E-state index contributed by atoms with van der Waals surface area (Å²) in [7, 11) is 0. The number of benzene rings is 2. The van der Waals surface area contributed by atoms with E-state index in [1.165, 1.54) is 0 Å². The maximum atomic E-state index is 12.2. The first-order valence-corrected chi connectivity index (χ1v) is 8.91. The average molecular weight is 366 g/mol. The summed E-state index contributed by atoms with van der Waals surface area (Å²) in [4.78, 5) is 31.4. The third kappa shape index (κ3) is 5.07. The van der Waals surface area contributed by atoms with Gasteiger partial charge in [0.15, 0.2) is 0 Å². The van der Waals surface area contributed by atoms with E-state index in [0.29, 0.717) is 18.1 Å². The van der Waals surface area contributed by atoms with Crippen molar-refractivity contribution in [3.8, 4) is 5.75 Å². The summed E-state index contributed by atoms with van der Waals surface area (Å²) in [6, 6.07) is 14.3. The molecule has 1 heterocycles. The first-order chi connectivity index (χ1) is 13.2. The lowest BCUT2D eigenvalue weighted by Gasteiger charge is -2.07. The van der Waals surface area contributed by atoms with Crippen LogP contribution in [0.1, 0.15) is 30.1 Å². The Morgan fingerprint density at radius 2 is 1.89 bits per heavy atom. The zero-order valence-electron chi connectivity index (χ0n) is 15.1. The van der Waals surface area contributed by atoms with Crippen LogP contribution in [-0.4, -0.2) is 34.9 Å². The minimum absolute atomic E-state index is 0.148. The van der Waals surface area contributed by atoms with E-state index in [9.17, 15) is 9.59 Å². The maximum absolute atomic E-state index is 12.2. The Bertz CT molecular complexity index is 885. The van der Waals surface area contributed by atoms with Gasteiger partial charge in [-0.1, -0.05) is 25.5 Å². The Kier molecular flexibility index (Phi) is 6.04. The van der Waals surface area contributed by atoms with Crippen LogP contribution in [0.15, 0.2) is 48.5 Å². The van der Waals surface area contributed by atoms with E-state index >= 15 is 0 Å². The van der Waals surface area contributed by atoms with Gasteiger partial charge in [-0.05, 0) is 42.8 Å². The van der Waals surface area contributed by atoms with E-state index in [1.54, 1.807) is 24.3 Å². The fraction of sp³-hybridized carbons (Fsp3) is 0.250. The lowest BCUT2D eigenvalue weighted by atomic mass is 10.2. The molecule has 0 saturated heterocycles. The highest BCUT2D eigenvalue weighted by atomic mass is 16.5. The fourth-order valence-corrected chi connectivity index (χ4v) is 2.49. The third-order valence-electron chi connectivity index (χ3n) is 3.94. The summed E-state index contributed by atoms with van der Waals surface area (Å²) in [6.07, 6.45) is 2.05. The van der Waals surface area contributed by atoms with Gasteiger partial charge in [0.2, 0.25) is 11.9 Å². The van der Waals surface area contributed by atoms with Gasteiger partial charge in [0, 0.05) is 5.56 Å². The Morgan fingerprint density at radius 3 is 2.63 bits per heavy atom. The monoisotopic (exact) mass is 366 g/mol. The van der Waals surface area contributed by atoms with Crippen molar-refractivity contribution in [1.29, 1.82) is 0 Å². The number of amides is 2. The topological polar surface area (TPSA) is 96.1 Å².